The number of nitrogens with one attached hydrogen (secondary N) is 1. The molecule has 2 unspecified atom stereocenters. The van der Waals surface area contributed by atoms with E-state index in [1.165, 1.54) is 38.8 Å². The highest BCUT2D eigenvalue weighted by Gasteiger charge is 2.33. The maximum atomic E-state index is 6.06. The van der Waals surface area contributed by atoms with Gasteiger partial charge in [0.1, 0.15) is 0 Å². The SMILES string of the molecule is CNC1CCCN(CC2CCC(C)(C)O2)C1. The molecule has 0 saturated carbocycles. The van der Waals surface area contributed by atoms with Gasteiger partial charge in [-0.1, -0.05) is 0 Å². The van der Waals surface area contributed by atoms with Crippen molar-refractivity contribution in [1.29, 1.82) is 0 Å². The lowest BCUT2D eigenvalue weighted by Crippen LogP contribution is -2.47. The first-order valence-corrected chi connectivity index (χ1v) is 6.66. The lowest BCUT2D eigenvalue weighted by Gasteiger charge is -2.34. The standard InChI is InChI=1S/C13H26N2O/c1-13(2)7-6-12(16-13)10-15-8-4-5-11(9-15)14-3/h11-12,14H,4-10H2,1-3H3. The van der Waals surface area contributed by atoms with Crippen LogP contribution in [0.2, 0.25) is 0 Å². The summed E-state index contributed by atoms with van der Waals surface area (Å²) in [6.45, 7) is 7.98. The summed E-state index contributed by atoms with van der Waals surface area (Å²) in [5.41, 5.74) is 0.114. The van der Waals surface area contributed by atoms with Gasteiger partial charge in [0.25, 0.3) is 0 Å². The van der Waals surface area contributed by atoms with E-state index in [2.05, 4.69) is 31.1 Å². The van der Waals surface area contributed by atoms with Crippen molar-refractivity contribution in [2.75, 3.05) is 26.7 Å². The Kier molecular flexibility index (Phi) is 3.88. The van der Waals surface area contributed by atoms with Crippen molar-refractivity contribution in [3.63, 3.8) is 0 Å². The molecular weight excluding hydrogens is 200 g/mol. The van der Waals surface area contributed by atoms with E-state index in [4.69, 9.17) is 4.74 Å². The zero-order chi connectivity index (χ0) is 11.6. The highest BCUT2D eigenvalue weighted by atomic mass is 16.5. The lowest BCUT2D eigenvalue weighted by molar-refractivity contribution is -0.0316. The average molecular weight is 226 g/mol. The fourth-order valence-corrected chi connectivity index (χ4v) is 2.95. The summed E-state index contributed by atoms with van der Waals surface area (Å²) in [6, 6.07) is 0.683. The Labute approximate surface area is 99.5 Å². The molecule has 2 atom stereocenters. The molecule has 3 heteroatoms. The van der Waals surface area contributed by atoms with Gasteiger partial charge in [0, 0.05) is 19.1 Å². The van der Waals surface area contributed by atoms with Crippen molar-refractivity contribution in [3.05, 3.63) is 0 Å². The molecule has 0 aromatic carbocycles. The van der Waals surface area contributed by atoms with Gasteiger partial charge in [0.15, 0.2) is 0 Å². The normalized spacial score (nSPS) is 35.4. The van der Waals surface area contributed by atoms with Gasteiger partial charge in [0.05, 0.1) is 11.7 Å². The second-order valence-corrected chi connectivity index (χ2v) is 5.93. The largest absolute Gasteiger partial charge is 0.371 e. The van der Waals surface area contributed by atoms with E-state index in [9.17, 15) is 0 Å². The van der Waals surface area contributed by atoms with Gasteiger partial charge in [-0.05, 0) is 53.1 Å². The number of likely N-dealkylation sites (N-methyl/N-ethyl adjacent to an activating group) is 1. The van der Waals surface area contributed by atoms with Crippen molar-refractivity contribution >= 4 is 0 Å². The maximum absolute atomic E-state index is 6.06. The second-order valence-electron chi connectivity index (χ2n) is 5.93. The summed E-state index contributed by atoms with van der Waals surface area (Å²) in [7, 11) is 2.07. The minimum atomic E-state index is 0.114. The Bertz CT molecular complexity index is 230. The van der Waals surface area contributed by atoms with Gasteiger partial charge in [-0.25, -0.2) is 0 Å². The number of ether oxygens (including phenoxy) is 1. The van der Waals surface area contributed by atoms with Gasteiger partial charge in [-0.2, -0.15) is 0 Å². The Hall–Kier alpha value is -0.120. The van der Waals surface area contributed by atoms with E-state index < -0.39 is 0 Å². The molecule has 2 saturated heterocycles. The molecule has 2 rings (SSSR count). The Morgan fingerprint density at radius 3 is 2.81 bits per heavy atom. The highest BCUT2D eigenvalue weighted by Crippen LogP contribution is 2.30. The molecular formula is C13H26N2O. The summed E-state index contributed by atoms with van der Waals surface area (Å²) >= 11 is 0. The molecule has 0 spiro atoms. The van der Waals surface area contributed by atoms with Crippen LogP contribution in [0.3, 0.4) is 0 Å². The van der Waals surface area contributed by atoms with Gasteiger partial charge in [0.2, 0.25) is 0 Å². The van der Waals surface area contributed by atoms with E-state index in [1.54, 1.807) is 0 Å². The van der Waals surface area contributed by atoms with Crippen LogP contribution in [0, 0.1) is 0 Å². The number of piperidine rings is 1. The molecule has 16 heavy (non-hydrogen) atoms. The molecule has 2 aliphatic heterocycles. The second kappa shape index (κ2) is 5.03. The third-order valence-corrected chi connectivity index (χ3v) is 3.93. The van der Waals surface area contributed by atoms with E-state index in [0.29, 0.717) is 12.1 Å². The third kappa shape index (κ3) is 3.19. The zero-order valence-corrected chi connectivity index (χ0v) is 11.0. The molecule has 94 valence electrons. The smallest absolute Gasteiger partial charge is 0.0710 e. The minimum Gasteiger partial charge on any atom is -0.371 e. The molecule has 1 N–H and O–H groups in total. The van der Waals surface area contributed by atoms with Crippen LogP contribution < -0.4 is 5.32 Å². The number of hydrogen-bond acceptors (Lipinski definition) is 3. The van der Waals surface area contributed by atoms with Crippen molar-refractivity contribution in [1.82, 2.24) is 10.2 Å². The van der Waals surface area contributed by atoms with E-state index in [-0.39, 0.29) is 5.60 Å². The lowest BCUT2D eigenvalue weighted by atomic mass is 10.0. The van der Waals surface area contributed by atoms with Crippen LogP contribution in [0.25, 0.3) is 0 Å². The molecule has 0 aromatic rings. The quantitative estimate of drug-likeness (QED) is 0.791. The number of rotatable bonds is 3. The van der Waals surface area contributed by atoms with Crippen molar-refractivity contribution in [2.45, 2.75) is 57.3 Å². The fourth-order valence-electron chi connectivity index (χ4n) is 2.95. The molecule has 0 aromatic heterocycles. The van der Waals surface area contributed by atoms with Gasteiger partial charge >= 0.3 is 0 Å². The fraction of sp³-hybridized carbons (Fsp3) is 1.00. The number of hydrogen-bond donors (Lipinski definition) is 1. The molecule has 2 fully saturated rings. The first-order chi connectivity index (χ1) is 7.59. The predicted octanol–water partition coefficient (Wildman–Crippen LogP) is 1.63. The topological polar surface area (TPSA) is 24.5 Å². The Morgan fingerprint density at radius 2 is 2.19 bits per heavy atom. The van der Waals surface area contributed by atoms with E-state index in [1.807, 2.05) is 0 Å². The highest BCUT2D eigenvalue weighted by molar-refractivity contribution is 4.85. The molecule has 2 aliphatic rings. The van der Waals surface area contributed by atoms with Crippen LogP contribution in [0.15, 0.2) is 0 Å². The molecule has 0 radical (unpaired) electrons. The van der Waals surface area contributed by atoms with E-state index in [0.717, 1.165) is 6.54 Å². The first-order valence-electron chi connectivity index (χ1n) is 6.66. The minimum absolute atomic E-state index is 0.114. The van der Waals surface area contributed by atoms with Crippen molar-refractivity contribution < 1.29 is 4.74 Å². The summed E-state index contributed by atoms with van der Waals surface area (Å²) in [6.07, 6.45) is 5.55. The van der Waals surface area contributed by atoms with Crippen LogP contribution in [-0.4, -0.2) is 49.3 Å². The van der Waals surface area contributed by atoms with Crippen molar-refractivity contribution in [2.24, 2.45) is 0 Å². The zero-order valence-electron chi connectivity index (χ0n) is 11.0. The predicted molar refractivity (Wildman–Crippen MR) is 66.7 cm³/mol. The average Bonchev–Trinajstić information content (AvgIpc) is 2.58. The Balaban J connectivity index is 1.77. The summed E-state index contributed by atoms with van der Waals surface area (Å²) in [5.74, 6) is 0. The molecule has 3 nitrogen and oxygen atoms in total. The summed E-state index contributed by atoms with van der Waals surface area (Å²) in [4.78, 5) is 2.57. The summed E-state index contributed by atoms with van der Waals surface area (Å²) < 4.78 is 6.06. The van der Waals surface area contributed by atoms with Crippen LogP contribution >= 0.6 is 0 Å². The third-order valence-electron chi connectivity index (χ3n) is 3.93. The van der Waals surface area contributed by atoms with Crippen LogP contribution in [0.5, 0.6) is 0 Å². The Morgan fingerprint density at radius 1 is 1.38 bits per heavy atom. The maximum Gasteiger partial charge on any atom is 0.0710 e. The molecule has 0 aliphatic carbocycles. The van der Waals surface area contributed by atoms with Crippen LogP contribution in [0.4, 0.5) is 0 Å². The van der Waals surface area contributed by atoms with Gasteiger partial charge < -0.3 is 10.1 Å². The van der Waals surface area contributed by atoms with E-state index >= 15 is 0 Å². The molecule has 0 amide bonds. The van der Waals surface area contributed by atoms with Crippen LogP contribution in [-0.2, 0) is 4.74 Å². The van der Waals surface area contributed by atoms with Crippen LogP contribution in [0.1, 0.15) is 39.5 Å². The summed E-state index contributed by atoms with van der Waals surface area (Å²) in [5, 5.41) is 3.39. The van der Waals surface area contributed by atoms with Gasteiger partial charge in [-0.3, -0.25) is 4.90 Å². The molecule has 2 heterocycles. The van der Waals surface area contributed by atoms with Gasteiger partial charge in [-0.15, -0.1) is 0 Å². The number of likely N-dealkylation sites (tertiary alicyclic amines) is 1. The monoisotopic (exact) mass is 226 g/mol. The first kappa shape index (κ1) is 12.3. The molecule has 0 bridgehead atoms. The number of nitrogens with zero attached hydrogens (tertiary/aromatic N) is 1. The van der Waals surface area contributed by atoms with Crippen molar-refractivity contribution in [3.8, 4) is 0 Å².